The van der Waals surface area contributed by atoms with Crippen LogP contribution in [-0.4, -0.2) is 52.5 Å². The van der Waals surface area contributed by atoms with E-state index in [1.54, 1.807) is 31.4 Å². The molecule has 0 saturated heterocycles. The number of nitrogens with one attached hydrogen (secondary N) is 2. The Morgan fingerprint density at radius 2 is 1.75 bits per heavy atom. The minimum absolute atomic E-state index is 0.128. The van der Waals surface area contributed by atoms with Crippen LogP contribution in [0.25, 0.3) is 11.4 Å². The number of aryl methyl sites for hydroxylation is 1. The monoisotopic (exact) mass is 453 g/mol. The standard InChI is InChI=1S/C23H27N5O3S/c1-4-28-21(19-8-6-5-7-16(19)2)26-27-23(28)32-15-20(29)24-13-14-25-22(30)17-9-11-18(31-3)12-10-17/h5-12H,4,13-15H2,1-3H3,(H,24,29)(H,25,30). The van der Waals surface area contributed by atoms with Crippen LogP contribution >= 0.6 is 11.8 Å². The van der Waals surface area contributed by atoms with Gasteiger partial charge in [0.1, 0.15) is 5.75 Å². The average Bonchev–Trinajstić information content (AvgIpc) is 3.23. The van der Waals surface area contributed by atoms with Gasteiger partial charge in [-0.15, -0.1) is 10.2 Å². The number of rotatable bonds is 10. The molecule has 0 aliphatic rings. The van der Waals surface area contributed by atoms with Crippen molar-refractivity contribution >= 4 is 23.6 Å². The molecule has 0 atom stereocenters. The van der Waals surface area contributed by atoms with Gasteiger partial charge in [-0.3, -0.25) is 9.59 Å². The van der Waals surface area contributed by atoms with Crippen LogP contribution in [0.5, 0.6) is 5.75 Å². The van der Waals surface area contributed by atoms with Crippen molar-refractivity contribution in [2.24, 2.45) is 0 Å². The summed E-state index contributed by atoms with van der Waals surface area (Å²) in [4.78, 5) is 24.3. The molecule has 0 unspecified atom stereocenters. The van der Waals surface area contributed by atoms with Crippen molar-refractivity contribution in [2.45, 2.75) is 25.5 Å². The summed E-state index contributed by atoms with van der Waals surface area (Å²) in [6.07, 6.45) is 0. The zero-order chi connectivity index (χ0) is 22.9. The van der Waals surface area contributed by atoms with Gasteiger partial charge in [0.25, 0.3) is 5.91 Å². The van der Waals surface area contributed by atoms with Crippen LogP contribution in [0.2, 0.25) is 0 Å². The Kier molecular flexibility index (Phi) is 8.27. The quantitative estimate of drug-likeness (QED) is 0.362. The Morgan fingerprint density at radius 3 is 2.44 bits per heavy atom. The van der Waals surface area contributed by atoms with E-state index in [4.69, 9.17) is 4.74 Å². The number of ether oxygens (including phenoxy) is 1. The summed E-state index contributed by atoms with van der Waals surface area (Å²) in [5.41, 5.74) is 2.70. The summed E-state index contributed by atoms with van der Waals surface area (Å²) in [6.45, 7) is 5.45. The molecule has 8 nitrogen and oxygen atoms in total. The molecule has 2 aromatic carbocycles. The normalized spacial score (nSPS) is 10.6. The number of methoxy groups -OCH3 is 1. The molecular weight excluding hydrogens is 426 g/mol. The van der Waals surface area contributed by atoms with Gasteiger partial charge in [0.05, 0.1) is 12.9 Å². The molecule has 3 rings (SSSR count). The van der Waals surface area contributed by atoms with E-state index in [0.29, 0.717) is 36.1 Å². The second-order valence-corrected chi connectivity index (χ2v) is 7.93. The number of nitrogens with zero attached hydrogens (tertiary/aromatic N) is 3. The van der Waals surface area contributed by atoms with E-state index in [-0.39, 0.29) is 17.6 Å². The van der Waals surface area contributed by atoms with Crippen LogP contribution in [0.4, 0.5) is 0 Å². The van der Waals surface area contributed by atoms with E-state index in [2.05, 4.69) is 20.8 Å². The first-order valence-corrected chi connectivity index (χ1v) is 11.3. The summed E-state index contributed by atoms with van der Waals surface area (Å²) in [5, 5.41) is 14.9. The van der Waals surface area contributed by atoms with E-state index >= 15 is 0 Å². The number of benzene rings is 2. The zero-order valence-corrected chi connectivity index (χ0v) is 19.2. The summed E-state index contributed by atoms with van der Waals surface area (Å²) in [6, 6.07) is 14.9. The number of carbonyl (C=O) groups is 2. The second kappa shape index (κ2) is 11.3. The van der Waals surface area contributed by atoms with E-state index in [9.17, 15) is 9.59 Å². The van der Waals surface area contributed by atoms with Gasteiger partial charge in [0.15, 0.2) is 11.0 Å². The molecule has 0 aliphatic heterocycles. The maximum atomic E-state index is 12.2. The first kappa shape index (κ1) is 23.3. The van der Waals surface area contributed by atoms with Gasteiger partial charge in [-0.1, -0.05) is 36.0 Å². The molecule has 0 fully saturated rings. The number of hydrogen-bond acceptors (Lipinski definition) is 6. The molecule has 0 radical (unpaired) electrons. The molecule has 2 N–H and O–H groups in total. The Hall–Kier alpha value is -3.33. The lowest BCUT2D eigenvalue weighted by Crippen LogP contribution is -2.35. The van der Waals surface area contributed by atoms with Crippen molar-refractivity contribution in [1.82, 2.24) is 25.4 Å². The van der Waals surface area contributed by atoms with Crippen LogP contribution in [-0.2, 0) is 11.3 Å². The Balaban J connectivity index is 1.45. The van der Waals surface area contributed by atoms with Gasteiger partial charge in [-0.05, 0) is 43.7 Å². The van der Waals surface area contributed by atoms with Crippen LogP contribution in [0.1, 0.15) is 22.8 Å². The molecule has 1 aromatic heterocycles. The number of thioether (sulfide) groups is 1. The predicted molar refractivity (Wildman–Crippen MR) is 125 cm³/mol. The maximum Gasteiger partial charge on any atom is 0.251 e. The van der Waals surface area contributed by atoms with Crippen LogP contribution in [0.3, 0.4) is 0 Å². The number of amides is 2. The Labute approximate surface area is 191 Å². The molecule has 168 valence electrons. The van der Waals surface area contributed by atoms with Gasteiger partial charge in [-0.2, -0.15) is 0 Å². The summed E-state index contributed by atoms with van der Waals surface area (Å²) in [7, 11) is 1.57. The SMILES string of the molecule is CCn1c(SCC(=O)NCCNC(=O)c2ccc(OC)cc2)nnc1-c1ccccc1C. The highest BCUT2D eigenvalue weighted by atomic mass is 32.2. The highest BCUT2D eigenvalue weighted by Gasteiger charge is 2.15. The Bertz CT molecular complexity index is 1070. The van der Waals surface area contributed by atoms with Crippen molar-refractivity contribution in [3.05, 3.63) is 59.7 Å². The van der Waals surface area contributed by atoms with Crippen molar-refractivity contribution in [2.75, 3.05) is 26.0 Å². The molecule has 0 spiro atoms. The van der Waals surface area contributed by atoms with Crippen LogP contribution in [0.15, 0.2) is 53.7 Å². The fraction of sp³-hybridized carbons (Fsp3) is 0.304. The second-order valence-electron chi connectivity index (χ2n) is 6.99. The fourth-order valence-electron chi connectivity index (χ4n) is 3.11. The highest BCUT2D eigenvalue weighted by molar-refractivity contribution is 7.99. The number of carbonyl (C=O) groups excluding carboxylic acids is 2. The van der Waals surface area contributed by atoms with Crippen molar-refractivity contribution in [3.63, 3.8) is 0 Å². The average molecular weight is 454 g/mol. The largest absolute Gasteiger partial charge is 0.497 e. The minimum atomic E-state index is -0.198. The highest BCUT2D eigenvalue weighted by Crippen LogP contribution is 2.26. The lowest BCUT2D eigenvalue weighted by molar-refractivity contribution is -0.118. The lowest BCUT2D eigenvalue weighted by atomic mass is 10.1. The van der Waals surface area contributed by atoms with Gasteiger partial charge in [-0.25, -0.2) is 0 Å². The third kappa shape index (κ3) is 5.88. The minimum Gasteiger partial charge on any atom is -0.497 e. The molecular formula is C23H27N5O3S. The summed E-state index contributed by atoms with van der Waals surface area (Å²) in [5.74, 6) is 1.39. The molecule has 32 heavy (non-hydrogen) atoms. The molecule has 0 saturated carbocycles. The molecule has 0 aliphatic carbocycles. The fourth-order valence-corrected chi connectivity index (χ4v) is 3.94. The van der Waals surface area contributed by atoms with Crippen LogP contribution in [0, 0.1) is 6.92 Å². The summed E-state index contributed by atoms with van der Waals surface area (Å²) >= 11 is 1.34. The third-order valence-corrected chi connectivity index (χ3v) is 5.80. The van der Waals surface area contributed by atoms with Crippen molar-refractivity contribution in [3.8, 4) is 17.1 Å². The Morgan fingerprint density at radius 1 is 1.03 bits per heavy atom. The van der Waals surface area contributed by atoms with E-state index in [1.807, 2.05) is 42.7 Å². The van der Waals surface area contributed by atoms with Gasteiger partial charge < -0.3 is 19.9 Å². The molecule has 2 amide bonds. The lowest BCUT2D eigenvalue weighted by Gasteiger charge is -2.09. The van der Waals surface area contributed by atoms with Crippen LogP contribution < -0.4 is 15.4 Å². The summed E-state index contributed by atoms with van der Waals surface area (Å²) < 4.78 is 7.09. The molecule has 1 heterocycles. The molecule has 3 aromatic rings. The molecule has 9 heteroatoms. The topological polar surface area (TPSA) is 98.1 Å². The third-order valence-electron chi connectivity index (χ3n) is 4.84. The van der Waals surface area contributed by atoms with E-state index in [1.165, 1.54) is 11.8 Å². The van der Waals surface area contributed by atoms with Gasteiger partial charge in [0, 0.05) is 30.8 Å². The number of hydrogen-bond donors (Lipinski definition) is 2. The van der Waals surface area contributed by atoms with Gasteiger partial charge in [0.2, 0.25) is 5.91 Å². The van der Waals surface area contributed by atoms with Gasteiger partial charge >= 0.3 is 0 Å². The first-order chi connectivity index (χ1) is 15.5. The van der Waals surface area contributed by atoms with Crippen molar-refractivity contribution in [1.29, 1.82) is 0 Å². The van der Waals surface area contributed by atoms with E-state index < -0.39 is 0 Å². The predicted octanol–water partition coefficient (Wildman–Crippen LogP) is 2.92. The number of aromatic nitrogens is 3. The van der Waals surface area contributed by atoms with Crippen molar-refractivity contribution < 1.29 is 14.3 Å². The van der Waals surface area contributed by atoms with E-state index in [0.717, 1.165) is 17.0 Å². The first-order valence-electron chi connectivity index (χ1n) is 10.3. The smallest absolute Gasteiger partial charge is 0.251 e. The zero-order valence-electron chi connectivity index (χ0n) is 18.4. The maximum absolute atomic E-state index is 12.2. The molecule has 0 bridgehead atoms.